The molecule has 5 nitrogen and oxygen atoms in total. The number of hydrogen-bond acceptors (Lipinski definition) is 3. The molecular weight excluding hydrogens is 265 g/mol. The van der Waals surface area contributed by atoms with E-state index in [0.29, 0.717) is 0 Å². The van der Waals surface area contributed by atoms with Crippen LogP contribution in [0.5, 0.6) is 0 Å². The maximum atomic E-state index is 12.8. The molecule has 1 rings (SSSR count). The maximum absolute atomic E-state index is 12.8. The molecule has 8 heteroatoms. The summed E-state index contributed by atoms with van der Waals surface area (Å²) in [4.78, 5) is 10.6. The molecule has 0 saturated heterocycles. The number of carbonyl (C=O) groups excluding carboxylic acids is 1. The molecule has 0 radical (unpaired) electrons. The number of ether oxygens (including phenoxy) is 1. The molecule has 0 aromatic carbocycles. The van der Waals surface area contributed by atoms with Crippen LogP contribution in [0, 0.1) is 0 Å². The number of nitrogens with one attached hydrogen (secondary N) is 1. The molecule has 0 aromatic heterocycles. The number of hydrogen-bond donors (Lipinski definition) is 3. The molecule has 4 N–H and O–H groups in total. The first-order valence-corrected chi connectivity index (χ1v) is 5.55. The van der Waals surface area contributed by atoms with Gasteiger partial charge in [-0.2, -0.15) is 13.2 Å². The zero-order valence-electron chi connectivity index (χ0n) is 10.2. The highest BCUT2D eigenvalue weighted by Gasteiger charge is 2.38. The average molecular weight is 280 g/mol. The first-order chi connectivity index (χ1) is 8.70. The molecule has 2 atom stereocenters. The number of carbonyl (C=O) groups is 1. The Morgan fingerprint density at radius 1 is 1.68 bits per heavy atom. The zero-order valence-corrected chi connectivity index (χ0v) is 10.2. The van der Waals surface area contributed by atoms with Crippen LogP contribution < -0.4 is 11.1 Å². The second kappa shape index (κ2) is 6.07. The number of alkyl halides is 3. The summed E-state index contributed by atoms with van der Waals surface area (Å²) < 4.78 is 43.6. The molecule has 2 amide bonds. The Bertz CT molecular complexity index is 402. The van der Waals surface area contributed by atoms with Crippen LogP contribution in [0.2, 0.25) is 0 Å². The van der Waals surface area contributed by atoms with Crippen molar-refractivity contribution in [1.82, 2.24) is 5.32 Å². The molecule has 108 valence electrons. The summed E-state index contributed by atoms with van der Waals surface area (Å²) in [5, 5.41) is 11.0. The molecule has 0 heterocycles. The summed E-state index contributed by atoms with van der Waals surface area (Å²) >= 11 is 0. The van der Waals surface area contributed by atoms with E-state index in [0.717, 1.165) is 6.08 Å². The fourth-order valence-corrected chi connectivity index (χ4v) is 1.58. The number of urea groups is 1. The monoisotopic (exact) mass is 280 g/mol. The highest BCUT2D eigenvalue weighted by atomic mass is 19.4. The van der Waals surface area contributed by atoms with Gasteiger partial charge >= 0.3 is 12.2 Å². The van der Waals surface area contributed by atoms with Crippen LogP contribution in [-0.2, 0) is 4.74 Å². The molecule has 0 aromatic rings. The van der Waals surface area contributed by atoms with Crippen molar-refractivity contribution >= 4 is 6.03 Å². The highest BCUT2D eigenvalue weighted by Crippen LogP contribution is 2.34. The van der Waals surface area contributed by atoms with E-state index in [1.165, 1.54) is 13.0 Å². The van der Waals surface area contributed by atoms with Gasteiger partial charge in [0.15, 0.2) is 0 Å². The number of primary amides is 1. The topological polar surface area (TPSA) is 84.6 Å². The van der Waals surface area contributed by atoms with Gasteiger partial charge in [0, 0.05) is 6.42 Å². The molecule has 1 aliphatic rings. The first kappa shape index (κ1) is 15.5. The van der Waals surface area contributed by atoms with E-state index in [9.17, 15) is 18.0 Å². The van der Waals surface area contributed by atoms with Gasteiger partial charge in [0.1, 0.15) is 0 Å². The normalized spacial score (nSPS) is 21.4. The quantitative estimate of drug-likeness (QED) is 0.723. The second-order valence-corrected chi connectivity index (χ2v) is 4.16. The van der Waals surface area contributed by atoms with Crippen LogP contribution in [0.1, 0.15) is 13.3 Å². The fourth-order valence-electron chi connectivity index (χ4n) is 1.58. The lowest BCUT2D eigenvalue weighted by atomic mass is 9.99. The van der Waals surface area contributed by atoms with Crippen LogP contribution in [0.15, 0.2) is 23.4 Å². The average Bonchev–Trinajstić information content (AvgIpc) is 2.25. The van der Waals surface area contributed by atoms with Crippen LogP contribution in [0.3, 0.4) is 0 Å². The number of halogens is 3. The molecule has 0 spiro atoms. The van der Waals surface area contributed by atoms with Crippen molar-refractivity contribution in [2.75, 3.05) is 6.61 Å². The van der Waals surface area contributed by atoms with Crippen molar-refractivity contribution in [2.45, 2.75) is 31.7 Å². The van der Waals surface area contributed by atoms with Crippen LogP contribution in [0.4, 0.5) is 18.0 Å². The number of aliphatic hydroxyl groups excluding tert-OH is 1. The minimum Gasteiger partial charge on any atom is -0.391 e. The molecule has 19 heavy (non-hydrogen) atoms. The van der Waals surface area contributed by atoms with Crippen LogP contribution in [0.25, 0.3) is 0 Å². The third kappa shape index (κ3) is 4.92. The maximum Gasteiger partial charge on any atom is 0.414 e. The standard InChI is InChI=1S/C11H15F3N2O3/c1-6(17)5-19-7-2-3-9(16-10(15)18)8(4-7)11(12,13)14/h2-3,6-7,17H,4-5H2,1H3,(H3,15,16,18). The lowest BCUT2D eigenvalue weighted by Crippen LogP contribution is -2.34. The van der Waals surface area contributed by atoms with E-state index in [-0.39, 0.29) is 12.3 Å². The van der Waals surface area contributed by atoms with Crippen molar-refractivity contribution in [3.05, 3.63) is 23.4 Å². The molecule has 0 aliphatic heterocycles. The van der Waals surface area contributed by atoms with E-state index >= 15 is 0 Å². The summed E-state index contributed by atoms with van der Waals surface area (Å²) in [7, 11) is 0. The van der Waals surface area contributed by atoms with Crippen molar-refractivity contribution in [1.29, 1.82) is 0 Å². The van der Waals surface area contributed by atoms with Gasteiger partial charge in [-0.15, -0.1) is 0 Å². The summed E-state index contributed by atoms with van der Waals surface area (Å²) in [6, 6.07) is -1.07. The minimum absolute atomic E-state index is 0.0707. The largest absolute Gasteiger partial charge is 0.414 e. The Morgan fingerprint density at radius 2 is 2.32 bits per heavy atom. The third-order valence-electron chi connectivity index (χ3n) is 2.36. The van der Waals surface area contributed by atoms with Gasteiger partial charge < -0.3 is 20.9 Å². The molecule has 2 unspecified atom stereocenters. The summed E-state index contributed by atoms with van der Waals surface area (Å²) in [5.41, 5.74) is 3.52. The second-order valence-electron chi connectivity index (χ2n) is 4.16. The molecule has 0 bridgehead atoms. The fraction of sp³-hybridized carbons (Fsp3) is 0.545. The highest BCUT2D eigenvalue weighted by molar-refractivity contribution is 5.74. The van der Waals surface area contributed by atoms with Gasteiger partial charge in [0.05, 0.1) is 30.1 Å². The Labute approximate surface area is 107 Å². The van der Waals surface area contributed by atoms with E-state index in [2.05, 4.69) is 0 Å². The number of allylic oxidation sites excluding steroid dienone is 1. The SMILES string of the molecule is CC(O)COC1C=CC(NC(N)=O)=C(C(F)(F)F)C1. The molecule has 1 aliphatic carbocycles. The third-order valence-corrected chi connectivity index (χ3v) is 2.36. The number of nitrogens with two attached hydrogens (primary N) is 1. The molecule has 0 saturated carbocycles. The summed E-state index contributed by atoms with van der Waals surface area (Å²) in [5.74, 6) is 0. The Balaban J connectivity index is 2.83. The molecule has 0 fully saturated rings. The lowest BCUT2D eigenvalue weighted by Gasteiger charge is -2.24. The van der Waals surface area contributed by atoms with Crippen molar-refractivity contribution in [3.8, 4) is 0 Å². The zero-order chi connectivity index (χ0) is 14.6. The summed E-state index contributed by atoms with van der Waals surface area (Å²) in [6.45, 7) is 1.39. The summed E-state index contributed by atoms with van der Waals surface area (Å²) in [6.07, 6.45) is -4.12. The predicted molar refractivity (Wildman–Crippen MR) is 61.0 cm³/mol. The van der Waals surface area contributed by atoms with Gasteiger partial charge in [-0.3, -0.25) is 0 Å². The van der Waals surface area contributed by atoms with Gasteiger partial charge in [-0.1, -0.05) is 6.08 Å². The lowest BCUT2D eigenvalue weighted by molar-refractivity contribution is -0.0996. The van der Waals surface area contributed by atoms with Gasteiger partial charge in [-0.25, -0.2) is 4.79 Å². The Kier molecular flexibility index (Phi) is 4.96. The number of rotatable bonds is 4. The smallest absolute Gasteiger partial charge is 0.391 e. The van der Waals surface area contributed by atoms with E-state index < -0.39 is 36.4 Å². The van der Waals surface area contributed by atoms with Crippen molar-refractivity contribution < 1.29 is 27.8 Å². The van der Waals surface area contributed by atoms with Crippen LogP contribution in [-0.4, -0.2) is 36.1 Å². The first-order valence-electron chi connectivity index (χ1n) is 5.55. The van der Waals surface area contributed by atoms with Gasteiger partial charge in [0.2, 0.25) is 0 Å². The van der Waals surface area contributed by atoms with E-state index in [1.54, 1.807) is 0 Å². The Morgan fingerprint density at radius 3 is 2.79 bits per heavy atom. The van der Waals surface area contributed by atoms with Crippen LogP contribution >= 0.6 is 0 Å². The van der Waals surface area contributed by atoms with E-state index in [1.807, 2.05) is 5.32 Å². The number of aliphatic hydroxyl groups is 1. The van der Waals surface area contributed by atoms with Crippen molar-refractivity contribution in [2.24, 2.45) is 5.73 Å². The van der Waals surface area contributed by atoms with Gasteiger partial charge in [0.25, 0.3) is 0 Å². The Hall–Kier alpha value is -1.54. The predicted octanol–water partition coefficient (Wildman–Crippen LogP) is 1.20. The minimum atomic E-state index is -4.59. The van der Waals surface area contributed by atoms with E-state index in [4.69, 9.17) is 15.6 Å². The molecular formula is C11H15F3N2O3. The van der Waals surface area contributed by atoms with Gasteiger partial charge in [-0.05, 0) is 13.0 Å². The number of amides is 2. The van der Waals surface area contributed by atoms with Crippen molar-refractivity contribution in [3.63, 3.8) is 0 Å².